The van der Waals surface area contributed by atoms with Gasteiger partial charge in [-0.3, -0.25) is 4.79 Å². The molecule has 24 heavy (non-hydrogen) atoms. The molecule has 0 radical (unpaired) electrons. The molecule has 2 aromatic heterocycles. The fourth-order valence-electron chi connectivity index (χ4n) is 3.10. The lowest BCUT2D eigenvalue weighted by atomic mass is 9.88. The summed E-state index contributed by atoms with van der Waals surface area (Å²) < 4.78 is 4.86. The summed E-state index contributed by atoms with van der Waals surface area (Å²) in [6.45, 7) is 6.07. The van der Waals surface area contributed by atoms with Gasteiger partial charge in [0, 0.05) is 15.1 Å². The summed E-state index contributed by atoms with van der Waals surface area (Å²) in [6.07, 6.45) is 3.13. The number of thiophene rings is 2. The fraction of sp³-hybridized carbons (Fsp3) is 0.444. The molecule has 1 N–H and O–H groups in total. The van der Waals surface area contributed by atoms with Crippen LogP contribution in [0.5, 0.6) is 0 Å². The Kier molecular flexibility index (Phi) is 4.78. The molecule has 0 saturated heterocycles. The van der Waals surface area contributed by atoms with Crippen LogP contribution in [-0.2, 0) is 17.6 Å². The summed E-state index contributed by atoms with van der Waals surface area (Å²) in [5.74, 6) is 0.141. The first kappa shape index (κ1) is 17.2. The highest BCUT2D eigenvalue weighted by Gasteiger charge is 2.26. The Bertz CT molecular complexity index is 804. The van der Waals surface area contributed by atoms with Crippen molar-refractivity contribution in [2.75, 3.05) is 12.4 Å². The quantitative estimate of drug-likeness (QED) is 0.812. The van der Waals surface area contributed by atoms with Crippen LogP contribution in [0.25, 0.3) is 0 Å². The lowest BCUT2D eigenvalue weighted by Crippen LogP contribution is -2.17. The molecule has 128 valence electrons. The number of aryl methyl sites for hydroxylation is 1. The van der Waals surface area contributed by atoms with Crippen molar-refractivity contribution in [3.05, 3.63) is 37.4 Å². The zero-order valence-corrected chi connectivity index (χ0v) is 16.0. The molecule has 0 bridgehead atoms. The molecular formula is C18H21NO3S2. The van der Waals surface area contributed by atoms with Crippen molar-refractivity contribution < 1.29 is 14.3 Å². The Morgan fingerprint density at radius 1 is 1.33 bits per heavy atom. The van der Waals surface area contributed by atoms with Crippen LogP contribution in [0.15, 0.2) is 5.38 Å². The van der Waals surface area contributed by atoms with E-state index in [9.17, 15) is 9.59 Å². The summed E-state index contributed by atoms with van der Waals surface area (Å²) in [5.41, 5.74) is 3.26. The average molecular weight is 364 g/mol. The third-order valence-electron chi connectivity index (χ3n) is 4.65. The van der Waals surface area contributed by atoms with Crippen LogP contribution in [0.3, 0.4) is 0 Å². The van der Waals surface area contributed by atoms with Gasteiger partial charge in [-0.1, -0.05) is 6.92 Å². The third-order valence-corrected chi connectivity index (χ3v) is 6.82. The highest BCUT2D eigenvalue weighted by molar-refractivity contribution is 7.17. The van der Waals surface area contributed by atoms with Gasteiger partial charge in [0.15, 0.2) is 0 Å². The smallest absolute Gasteiger partial charge is 0.341 e. The van der Waals surface area contributed by atoms with Crippen molar-refractivity contribution in [1.82, 2.24) is 0 Å². The van der Waals surface area contributed by atoms with Crippen LogP contribution in [0, 0.1) is 19.8 Å². The van der Waals surface area contributed by atoms with Crippen molar-refractivity contribution in [2.45, 2.75) is 40.0 Å². The maximum absolute atomic E-state index is 12.8. The normalized spacial score (nSPS) is 16.6. The minimum Gasteiger partial charge on any atom is -0.465 e. The number of hydrogen-bond donors (Lipinski definition) is 1. The molecule has 1 aliphatic rings. The lowest BCUT2D eigenvalue weighted by Gasteiger charge is -2.18. The molecule has 1 amide bonds. The van der Waals surface area contributed by atoms with Gasteiger partial charge in [0.05, 0.1) is 18.2 Å². The SMILES string of the molecule is COC(=O)c1c(NC(=O)c2csc3c2CC[C@@H](C)C3)sc(C)c1C. The van der Waals surface area contributed by atoms with E-state index in [1.165, 1.54) is 28.9 Å². The molecule has 0 aromatic carbocycles. The van der Waals surface area contributed by atoms with Gasteiger partial charge in [0.1, 0.15) is 5.00 Å². The zero-order valence-electron chi connectivity index (χ0n) is 14.3. The number of carbonyl (C=O) groups is 2. The molecule has 0 aliphatic heterocycles. The molecule has 0 unspecified atom stereocenters. The fourth-order valence-corrected chi connectivity index (χ4v) is 5.39. The molecule has 0 spiro atoms. The molecule has 6 heteroatoms. The first-order chi connectivity index (χ1) is 11.4. The van der Waals surface area contributed by atoms with Gasteiger partial charge in [-0.05, 0) is 50.2 Å². The van der Waals surface area contributed by atoms with Gasteiger partial charge in [-0.15, -0.1) is 22.7 Å². The summed E-state index contributed by atoms with van der Waals surface area (Å²) in [6, 6.07) is 0. The number of ether oxygens (including phenoxy) is 1. The Balaban J connectivity index is 1.89. The molecule has 3 rings (SSSR count). The minimum absolute atomic E-state index is 0.131. The van der Waals surface area contributed by atoms with E-state index in [1.807, 2.05) is 19.2 Å². The largest absolute Gasteiger partial charge is 0.465 e. The summed E-state index contributed by atoms with van der Waals surface area (Å²) in [5, 5.41) is 5.46. The molecule has 0 fully saturated rings. The van der Waals surface area contributed by atoms with Crippen molar-refractivity contribution in [1.29, 1.82) is 0 Å². The van der Waals surface area contributed by atoms with Crippen LogP contribution >= 0.6 is 22.7 Å². The Hall–Kier alpha value is -1.66. The van der Waals surface area contributed by atoms with E-state index in [1.54, 1.807) is 11.3 Å². The highest BCUT2D eigenvalue weighted by atomic mass is 32.1. The first-order valence-corrected chi connectivity index (χ1v) is 9.70. The number of nitrogens with one attached hydrogen (secondary N) is 1. The van der Waals surface area contributed by atoms with Crippen molar-refractivity contribution in [3.8, 4) is 0 Å². The Morgan fingerprint density at radius 3 is 2.79 bits per heavy atom. The van der Waals surface area contributed by atoms with Crippen molar-refractivity contribution in [3.63, 3.8) is 0 Å². The number of amides is 1. The molecule has 1 aliphatic carbocycles. The maximum atomic E-state index is 12.8. The van der Waals surface area contributed by atoms with E-state index in [4.69, 9.17) is 4.74 Å². The number of anilines is 1. The number of fused-ring (bicyclic) bond motifs is 1. The van der Waals surface area contributed by atoms with E-state index in [0.29, 0.717) is 16.5 Å². The predicted molar refractivity (Wildman–Crippen MR) is 98.6 cm³/mol. The predicted octanol–water partition coefficient (Wildman–Crippen LogP) is 4.59. The number of rotatable bonds is 3. The number of hydrogen-bond acceptors (Lipinski definition) is 5. The van der Waals surface area contributed by atoms with E-state index < -0.39 is 5.97 Å². The molecule has 4 nitrogen and oxygen atoms in total. The second kappa shape index (κ2) is 6.69. The second-order valence-corrected chi connectivity index (χ2v) is 8.52. The number of carbonyl (C=O) groups excluding carboxylic acids is 2. The van der Waals surface area contributed by atoms with Crippen molar-refractivity contribution in [2.24, 2.45) is 5.92 Å². The van der Waals surface area contributed by atoms with Gasteiger partial charge in [-0.25, -0.2) is 4.79 Å². The molecular weight excluding hydrogens is 342 g/mol. The van der Waals surface area contributed by atoms with E-state index >= 15 is 0 Å². The Morgan fingerprint density at radius 2 is 2.08 bits per heavy atom. The highest BCUT2D eigenvalue weighted by Crippen LogP contribution is 2.36. The lowest BCUT2D eigenvalue weighted by molar-refractivity contribution is 0.0601. The van der Waals surface area contributed by atoms with Crippen LogP contribution in [-0.4, -0.2) is 19.0 Å². The average Bonchev–Trinajstić information content (AvgIpc) is 3.08. The van der Waals surface area contributed by atoms with Crippen LogP contribution in [0.2, 0.25) is 0 Å². The number of methoxy groups -OCH3 is 1. The van der Waals surface area contributed by atoms with E-state index in [-0.39, 0.29) is 5.91 Å². The second-order valence-electron chi connectivity index (χ2n) is 6.33. The summed E-state index contributed by atoms with van der Waals surface area (Å²) in [7, 11) is 1.36. The van der Waals surface area contributed by atoms with Crippen LogP contribution < -0.4 is 5.32 Å². The van der Waals surface area contributed by atoms with Gasteiger partial charge in [0.2, 0.25) is 0 Å². The summed E-state index contributed by atoms with van der Waals surface area (Å²) >= 11 is 3.09. The minimum atomic E-state index is -0.409. The van der Waals surface area contributed by atoms with E-state index in [0.717, 1.165) is 35.3 Å². The van der Waals surface area contributed by atoms with Crippen LogP contribution in [0.4, 0.5) is 5.00 Å². The van der Waals surface area contributed by atoms with Crippen LogP contribution in [0.1, 0.15) is 54.9 Å². The van der Waals surface area contributed by atoms with Gasteiger partial charge in [-0.2, -0.15) is 0 Å². The van der Waals surface area contributed by atoms with Crippen molar-refractivity contribution >= 4 is 39.6 Å². The van der Waals surface area contributed by atoms with E-state index in [2.05, 4.69) is 12.2 Å². The third kappa shape index (κ3) is 3.00. The first-order valence-electron chi connectivity index (χ1n) is 8.01. The molecule has 2 aromatic rings. The molecule has 2 heterocycles. The standard InChI is InChI=1S/C18H21NO3S2/c1-9-5-6-12-13(8-23-14(12)7-9)16(20)19-17-15(18(21)22-4)10(2)11(3)24-17/h8-9H,5-7H2,1-4H3,(H,19,20)/t9-/m1/s1. The van der Waals surface area contributed by atoms with Gasteiger partial charge < -0.3 is 10.1 Å². The summed E-state index contributed by atoms with van der Waals surface area (Å²) in [4.78, 5) is 27.1. The number of esters is 1. The van der Waals surface area contributed by atoms with Gasteiger partial charge in [0.25, 0.3) is 5.91 Å². The monoisotopic (exact) mass is 363 g/mol. The molecule has 1 atom stereocenters. The molecule has 0 saturated carbocycles. The topological polar surface area (TPSA) is 55.4 Å². The Labute approximate surface area is 149 Å². The maximum Gasteiger partial charge on any atom is 0.341 e. The zero-order chi connectivity index (χ0) is 17.4. The van der Waals surface area contributed by atoms with Gasteiger partial charge >= 0.3 is 5.97 Å².